The standard InChI is InChI=1S/C15H19ClN2OS/c1-9-8-20-14(17-9)5-6-18-10(2)7-13(12(18)4)15(19)11(3)16/h7-8,11H,5-6H2,1-4H3. The summed E-state index contributed by atoms with van der Waals surface area (Å²) < 4.78 is 2.17. The van der Waals surface area contributed by atoms with Crippen LogP contribution in [0.5, 0.6) is 0 Å². The topological polar surface area (TPSA) is 34.9 Å². The molecule has 3 nitrogen and oxygen atoms in total. The fraction of sp³-hybridized carbons (Fsp3) is 0.467. The molecule has 2 aromatic rings. The first kappa shape index (κ1) is 15.3. The molecule has 0 bridgehead atoms. The van der Waals surface area contributed by atoms with E-state index in [9.17, 15) is 4.79 Å². The van der Waals surface area contributed by atoms with Gasteiger partial charge < -0.3 is 4.57 Å². The van der Waals surface area contributed by atoms with E-state index in [4.69, 9.17) is 11.6 Å². The zero-order valence-electron chi connectivity index (χ0n) is 12.2. The number of hydrogen-bond donors (Lipinski definition) is 0. The van der Waals surface area contributed by atoms with Crippen molar-refractivity contribution in [2.24, 2.45) is 0 Å². The first-order valence-electron chi connectivity index (χ1n) is 6.66. The summed E-state index contributed by atoms with van der Waals surface area (Å²) in [5, 5.41) is 2.72. The number of ketones is 1. The molecule has 0 N–H and O–H groups in total. The Morgan fingerprint density at radius 3 is 2.70 bits per heavy atom. The Morgan fingerprint density at radius 2 is 2.15 bits per heavy atom. The molecule has 2 rings (SSSR count). The number of nitrogens with zero attached hydrogens (tertiary/aromatic N) is 2. The first-order chi connectivity index (χ1) is 9.40. The molecule has 2 heterocycles. The highest BCUT2D eigenvalue weighted by molar-refractivity contribution is 7.09. The van der Waals surface area contributed by atoms with Crippen molar-refractivity contribution in [2.75, 3.05) is 0 Å². The summed E-state index contributed by atoms with van der Waals surface area (Å²) in [6.45, 7) is 8.57. The van der Waals surface area contributed by atoms with Crippen LogP contribution in [0, 0.1) is 20.8 Å². The first-order valence-corrected chi connectivity index (χ1v) is 7.97. The summed E-state index contributed by atoms with van der Waals surface area (Å²) in [6, 6.07) is 1.93. The summed E-state index contributed by atoms with van der Waals surface area (Å²) in [4.78, 5) is 16.5. The fourth-order valence-corrected chi connectivity index (χ4v) is 3.22. The molecular formula is C15H19ClN2OS. The van der Waals surface area contributed by atoms with Gasteiger partial charge in [0.15, 0.2) is 5.78 Å². The predicted molar refractivity (Wildman–Crippen MR) is 84.1 cm³/mol. The lowest BCUT2D eigenvalue weighted by Gasteiger charge is -2.09. The number of aryl methyl sites for hydroxylation is 3. The van der Waals surface area contributed by atoms with Gasteiger partial charge >= 0.3 is 0 Å². The third kappa shape index (κ3) is 3.13. The number of aromatic nitrogens is 2. The van der Waals surface area contributed by atoms with E-state index in [1.54, 1.807) is 18.3 Å². The van der Waals surface area contributed by atoms with Crippen LogP contribution in [0.3, 0.4) is 0 Å². The smallest absolute Gasteiger partial charge is 0.182 e. The summed E-state index contributed by atoms with van der Waals surface area (Å²) >= 11 is 7.59. The van der Waals surface area contributed by atoms with Crippen LogP contribution in [0.1, 0.15) is 39.4 Å². The van der Waals surface area contributed by atoms with Crippen LogP contribution in [-0.2, 0) is 13.0 Å². The van der Waals surface area contributed by atoms with E-state index in [0.29, 0.717) is 0 Å². The maximum Gasteiger partial charge on any atom is 0.182 e. The van der Waals surface area contributed by atoms with Gasteiger partial charge in [-0.1, -0.05) is 0 Å². The number of halogens is 1. The summed E-state index contributed by atoms with van der Waals surface area (Å²) in [6.07, 6.45) is 0.888. The van der Waals surface area contributed by atoms with Crippen molar-refractivity contribution in [1.82, 2.24) is 9.55 Å². The molecule has 5 heteroatoms. The molecule has 20 heavy (non-hydrogen) atoms. The maximum absolute atomic E-state index is 12.1. The van der Waals surface area contributed by atoms with Gasteiger partial charge in [0.05, 0.1) is 10.4 Å². The third-order valence-corrected chi connectivity index (χ3v) is 4.64. The lowest BCUT2D eigenvalue weighted by molar-refractivity contribution is 0.0991. The quantitative estimate of drug-likeness (QED) is 0.619. The summed E-state index contributed by atoms with van der Waals surface area (Å²) in [5.74, 6) is -0.00360. The van der Waals surface area contributed by atoms with Gasteiger partial charge in [0.2, 0.25) is 0 Å². The van der Waals surface area contributed by atoms with Crippen LogP contribution in [-0.4, -0.2) is 20.7 Å². The van der Waals surface area contributed by atoms with Crippen LogP contribution in [0.15, 0.2) is 11.4 Å². The highest BCUT2D eigenvalue weighted by atomic mass is 35.5. The lowest BCUT2D eigenvalue weighted by atomic mass is 10.1. The average molecular weight is 311 g/mol. The zero-order valence-corrected chi connectivity index (χ0v) is 13.8. The molecule has 0 spiro atoms. The van der Waals surface area contributed by atoms with E-state index in [1.807, 2.05) is 26.8 Å². The molecule has 0 aliphatic rings. The van der Waals surface area contributed by atoms with Crippen LogP contribution in [0.25, 0.3) is 0 Å². The Hall–Kier alpha value is -1.13. The van der Waals surface area contributed by atoms with Crippen LogP contribution in [0.4, 0.5) is 0 Å². The molecular weight excluding hydrogens is 292 g/mol. The Bertz CT molecular complexity index is 628. The molecule has 0 aliphatic heterocycles. The molecule has 1 unspecified atom stereocenters. The van der Waals surface area contributed by atoms with Crippen molar-refractivity contribution in [3.05, 3.63) is 39.1 Å². The van der Waals surface area contributed by atoms with Gasteiger partial charge in [0.1, 0.15) is 0 Å². The number of Topliss-reactive ketones (excluding diaryl/α,β-unsaturated/α-hetero) is 1. The number of thiazole rings is 1. The summed E-state index contributed by atoms with van der Waals surface area (Å²) in [7, 11) is 0. The van der Waals surface area contributed by atoms with E-state index in [2.05, 4.69) is 14.9 Å². The Labute approximate surface area is 128 Å². The molecule has 0 amide bonds. The largest absolute Gasteiger partial charge is 0.348 e. The third-order valence-electron chi connectivity index (χ3n) is 3.42. The van der Waals surface area contributed by atoms with Gasteiger partial charge in [0.25, 0.3) is 0 Å². The van der Waals surface area contributed by atoms with Crippen molar-refractivity contribution in [2.45, 2.75) is 46.0 Å². The van der Waals surface area contributed by atoms with E-state index in [0.717, 1.165) is 40.6 Å². The van der Waals surface area contributed by atoms with E-state index in [-0.39, 0.29) is 5.78 Å². The lowest BCUT2D eigenvalue weighted by Crippen LogP contribution is -2.12. The Kier molecular flexibility index (Phi) is 4.66. The molecule has 0 radical (unpaired) electrons. The van der Waals surface area contributed by atoms with E-state index in [1.165, 1.54) is 0 Å². The molecule has 0 aromatic carbocycles. The average Bonchev–Trinajstić information content (AvgIpc) is 2.91. The number of alkyl halides is 1. The fourth-order valence-electron chi connectivity index (χ4n) is 2.33. The Morgan fingerprint density at radius 1 is 1.45 bits per heavy atom. The highest BCUT2D eigenvalue weighted by Gasteiger charge is 2.19. The monoisotopic (exact) mass is 310 g/mol. The van der Waals surface area contributed by atoms with Crippen molar-refractivity contribution >= 4 is 28.7 Å². The maximum atomic E-state index is 12.1. The molecule has 0 aliphatic carbocycles. The molecule has 0 fully saturated rings. The van der Waals surface area contributed by atoms with Crippen LogP contribution in [0.2, 0.25) is 0 Å². The number of rotatable bonds is 5. The van der Waals surface area contributed by atoms with Crippen molar-refractivity contribution in [3.63, 3.8) is 0 Å². The van der Waals surface area contributed by atoms with E-state index >= 15 is 0 Å². The minimum atomic E-state index is -0.481. The molecule has 1 atom stereocenters. The van der Waals surface area contributed by atoms with Crippen LogP contribution >= 0.6 is 22.9 Å². The highest BCUT2D eigenvalue weighted by Crippen LogP contribution is 2.20. The minimum absolute atomic E-state index is 0.00360. The van der Waals surface area contributed by atoms with Gasteiger partial charge in [-0.2, -0.15) is 0 Å². The minimum Gasteiger partial charge on any atom is -0.348 e. The predicted octanol–water partition coefficient (Wildman–Crippen LogP) is 3.92. The number of hydrogen-bond acceptors (Lipinski definition) is 3. The van der Waals surface area contributed by atoms with Gasteiger partial charge in [-0.05, 0) is 33.8 Å². The van der Waals surface area contributed by atoms with Gasteiger partial charge in [-0.3, -0.25) is 4.79 Å². The summed E-state index contributed by atoms with van der Waals surface area (Å²) in [5.41, 5.74) is 3.89. The van der Waals surface area contributed by atoms with E-state index < -0.39 is 5.38 Å². The van der Waals surface area contributed by atoms with Crippen LogP contribution < -0.4 is 0 Å². The molecule has 0 saturated heterocycles. The SMILES string of the molecule is Cc1csc(CCn2c(C)cc(C(=O)C(C)Cl)c2C)n1. The van der Waals surface area contributed by atoms with Gasteiger partial charge in [-0.15, -0.1) is 22.9 Å². The Balaban J connectivity index is 2.18. The second-order valence-corrected chi connectivity index (χ2v) is 6.65. The second kappa shape index (κ2) is 6.10. The number of carbonyl (C=O) groups excluding carboxylic acids is 1. The van der Waals surface area contributed by atoms with Gasteiger partial charge in [0, 0.05) is 41.0 Å². The number of carbonyl (C=O) groups is 1. The van der Waals surface area contributed by atoms with Gasteiger partial charge in [-0.25, -0.2) is 4.98 Å². The zero-order chi connectivity index (χ0) is 14.9. The normalized spacial score (nSPS) is 12.7. The van der Waals surface area contributed by atoms with Crippen molar-refractivity contribution in [1.29, 1.82) is 0 Å². The molecule has 0 saturated carbocycles. The van der Waals surface area contributed by atoms with Crippen molar-refractivity contribution < 1.29 is 4.79 Å². The van der Waals surface area contributed by atoms with Crippen molar-refractivity contribution in [3.8, 4) is 0 Å². The molecule has 2 aromatic heterocycles. The molecule has 108 valence electrons. The second-order valence-electron chi connectivity index (χ2n) is 5.05.